The molecule has 0 N–H and O–H groups in total. The summed E-state index contributed by atoms with van der Waals surface area (Å²) in [4.78, 5) is 11.5. The van der Waals surface area contributed by atoms with Crippen LogP contribution in [0.15, 0.2) is 42.5 Å². The van der Waals surface area contributed by atoms with Crippen molar-refractivity contribution in [2.45, 2.75) is 25.6 Å². The van der Waals surface area contributed by atoms with Crippen LogP contribution in [0.3, 0.4) is 0 Å². The molecular formula is C14H16O3. The van der Waals surface area contributed by atoms with Crippen LogP contribution >= 0.6 is 0 Å². The van der Waals surface area contributed by atoms with Gasteiger partial charge in [-0.25, -0.2) is 4.79 Å². The SMILES string of the molecule is C=C(C)C(=O)OC(Cc1ccccc1)C1CO1. The Morgan fingerprint density at radius 3 is 2.71 bits per heavy atom. The van der Waals surface area contributed by atoms with Crippen LogP contribution in [0.25, 0.3) is 0 Å². The van der Waals surface area contributed by atoms with Crippen LogP contribution in [-0.2, 0) is 20.7 Å². The fourth-order valence-electron chi connectivity index (χ4n) is 1.60. The van der Waals surface area contributed by atoms with Gasteiger partial charge in [-0.3, -0.25) is 0 Å². The van der Waals surface area contributed by atoms with Gasteiger partial charge in [0.15, 0.2) is 0 Å². The van der Waals surface area contributed by atoms with Gasteiger partial charge in [0.05, 0.1) is 6.61 Å². The zero-order valence-corrected chi connectivity index (χ0v) is 9.89. The van der Waals surface area contributed by atoms with Gasteiger partial charge in [-0.05, 0) is 12.5 Å². The number of esters is 1. The maximum Gasteiger partial charge on any atom is 0.333 e. The standard InChI is InChI=1S/C14H16O3/c1-10(2)14(15)17-12(13-9-16-13)8-11-6-4-3-5-7-11/h3-7,12-13H,1,8-9H2,2H3. The summed E-state index contributed by atoms with van der Waals surface area (Å²) in [5, 5.41) is 0. The minimum absolute atomic E-state index is 0.0403. The summed E-state index contributed by atoms with van der Waals surface area (Å²) in [5.41, 5.74) is 1.56. The second-order valence-corrected chi connectivity index (χ2v) is 4.29. The van der Waals surface area contributed by atoms with E-state index in [-0.39, 0.29) is 18.2 Å². The highest BCUT2D eigenvalue weighted by molar-refractivity contribution is 5.87. The van der Waals surface area contributed by atoms with Crippen LogP contribution in [0, 0.1) is 0 Å². The minimum Gasteiger partial charge on any atom is -0.456 e. The quantitative estimate of drug-likeness (QED) is 0.443. The van der Waals surface area contributed by atoms with Crippen molar-refractivity contribution < 1.29 is 14.3 Å². The predicted octanol–water partition coefficient (Wildman–Crippen LogP) is 2.12. The third-order valence-corrected chi connectivity index (χ3v) is 2.66. The summed E-state index contributed by atoms with van der Waals surface area (Å²) in [7, 11) is 0. The Morgan fingerprint density at radius 1 is 1.53 bits per heavy atom. The molecule has 17 heavy (non-hydrogen) atoms. The van der Waals surface area contributed by atoms with Crippen molar-refractivity contribution in [3.05, 3.63) is 48.0 Å². The summed E-state index contributed by atoms with van der Waals surface area (Å²) < 4.78 is 10.6. The highest BCUT2D eigenvalue weighted by Crippen LogP contribution is 2.21. The number of benzene rings is 1. The molecule has 1 aliphatic rings. The third-order valence-electron chi connectivity index (χ3n) is 2.66. The first kappa shape index (κ1) is 11.9. The Labute approximate surface area is 101 Å². The van der Waals surface area contributed by atoms with Gasteiger partial charge in [-0.1, -0.05) is 36.9 Å². The van der Waals surface area contributed by atoms with Crippen LogP contribution < -0.4 is 0 Å². The number of carbonyl (C=O) groups is 1. The van der Waals surface area contributed by atoms with Gasteiger partial charge in [0.1, 0.15) is 12.2 Å². The number of ether oxygens (including phenoxy) is 2. The molecule has 1 aromatic carbocycles. The van der Waals surface area contributed by atoms with Crippen molar-refractivity contribution in [1.82, 2.24) is 0 Å². The Balaban J connectivity index is 1.98. The predicted molar refractivity (Wildman–Crippen MR) is 64.6 cm³/mol. The van der Waals surface area contributed by atoms with Crippen LogP contribution in [-0.4, -0.2) is 24.8 Å². The lowest BCUT2D eigenvalue weighted by atomic mass is 10.1. The van der Waals surface area contributed by atoms with Crippen molar-refractivity contribution in [2.75, 3.05) is 6.61 Å². The van der Waals surface area contributed by atoms with E-state index in [1.165, 1.54) is 0 Å². The number of rotatable bonds is 5. The highest BCUT2D eigenvalue weighted by Gasteiger charge is 2.35. The van der Waals surface area contributed by atoms with Crippen LogP contribution in [0.1, 0.15) is 12.5 Å². The van der Waals surface area contributed by atoms with E-state index >= 15 is 0 Å². The fourth-order valence-corrected chi connectivity index (χ4v) is 1.60. The van der Waals surface area contributed by atoms with Gasteiger partial charge in [-0.15, -0.1) is 0 Å². The smallest absolute Gasteiger partial charge is 0.333 e. The van der Waals surface area contributed by atoms with Gasteiger partial charge in [0.25, 0.3) is 0 Å². The van der Waals surface area contributed by atoms with E-state index in [0.29, 0.717) is 18.6 Å². The maximum absolute atomic E-state index is 11.5. The molecule has 0 spiro atoms. The molecule has 0 bridgehead atoms. The van der Waals surface area contributed by atoms with E-state index < -0.39 is 0 Å². The fraction of sp³-hybridized carbons (Fsp3) is 0.357. The lowest BCUT2D eigenvalue weighted by Gasteiger charge is -2.15. The van der Waals surface area contributed by atoms with E-state index in [0.717, 1.165) is 5.56 Å². The molecule has 2 unspecified atom stereocenters. The van der Waals surface area contributed by atoms with E-state index in [4.69, 9.17) is 9.47 Å². The average molecular weight is 232 g/mol. The van der Waals surface area contributed by atoms with Crippen molar-refractivity contribution >= 4 is 5.97 Å². The lowest BCUT2D eigenvalue weighted by Crippen LogP contribution is -2.26. The maximum atomic E-state index is 11.5. The number of carbonyl (C=O) groups excluding carboxylic acids is 1. The Kier molecular flexibility index (Phi) is 3.59. The summed E-state index contributed by atoms with van der Waals surface area (Å²) in [6, 6.07) is 9.95. The van der Waals surface area contributed by atoms with Crippen LogP contribution in [0.5, 0.6) is 0 Å². The lowest BCUT2D eigenvalue weighted by molar-refractivity contribution is -0.145. The van der Waals surface area contributed by atoms with Gasteiger partial charge in [0.2, 0.25) is 0 Å². The second-order valence-electron chi connectivity index (χ2n) is 4.29. The molecular weight excluding hydrogens is 216 g/mol. The number of hydrogen-bond acceptors (Lipinski definition) is 3. The van der Waals surface area contributed by atoms with Crippen molar-refractivity contribution in [1.29, 1.82) is 0 Å². The van der Waals surface area contributed by atoms with Gasteiger partial charge in [-0.2, -0.15) is 0 Å². The van der Waals surface area contributed by atoms with E-state index in [9.17, 15) is 4.79 Å². The third kappa shape index (κ3) is 3.43. The summed E-state index contributed by atoms with van der Waals surface area (Å²) >= 11 is 0. The molecule has 3 heteroatoms. The highest BCUT2D eigenvalue weighted by atomic mass is 16.6. The molecule has 1 saturated heterocycles. The van der Waals surface area contributed by atoms with Gasteiger partial charge < -0.3 is 9.47 Å². The molecule has 1 heterocycles. The molecule has 1 fully saturated rings. The van der Waals surface area contributed by atoms with Crippen LogP contribution in [0.2, 0.25) is 0 Å². The van der Waals surface area contributed by atoms with E-state index in [2.05, 4.69) is 6.58 Å². The van der Waals surface area contributed by atoms with E-state index in [1.807, 2.05) is 30.3 Å². The molecule has 2 atom stereocenters. The molecule has 0 radical (unpaired) electrons. The largest absolute Gasteiger partial charge is 0.456 e. The van der Waals surface area contributed by atoms with Crippen molar-refractivity contribution in [3.8, 4) is 0 Å². The summed E-state index contributed by atoms with van der Waals surface area (Å²) in [5.74, 6) is -0.346. The normalized spacial score (nSPS) is 19.5. The Bertz CT molecular complexity index is 407. The molecule has 1 aliphatic heterocycles. The average Bonchev–Trinajstić information content (AvgIpc) is 3.13. The number of hydrogen-bond donors (Lipinski definition) is 0. The summed E-state index contributed by atoms with van der Waals surface area (Å²) in [6.45, 7) is 5.90. The van der Waals surface area contributed by atoms with Crippen LogP contribution in [0.4, 0.5) is 0 Å². The minimum atomic E-state index is -0.346. The zero-order valence-electron chi connectivity index (χ0n) is 9.89. The molecule has 0 saturated carbocycles. The first-order chi connectivity index (χ1) is 8.16. The van der Waals surface area contributed by atoms with Gasteiger partial charge >= 0.3 is 5.97 Å². The Hall–Kier alpha value is -1.61. The number of epoxide rings is 1. The molecule has 0 aliphatic carbocycles. The molecule has 3 nitrogen and oxygen atoms in total. The first-order valence-corrected chi connectivity index (χ1v) is 5.69. The first-order valence-electron chi connectivity index (χ1n) is 5.69. The topological polar surface area (TPSA) is 38.8 Å². The summed E-state index contributed by atoms with van der Waals surface area (Å²) in [6.07, 6.45) is 0.518. The van der Waals surface area contributed by atoms with Gasteiger partial charge in [0, 0.05) is 12.0 Å². The monoisotopic (exact) mass is 232 g/mol. The Morgan fingerprint density at radius 2 is 2.18 bits per heavy atom. The molecule has 2 rings (SSSR count). The molecule has 90 valence electrons. The molecule has 1 aromatic rings. The van der Waals surface area contributed by atoms with Crippen molar-refractivity contribution in [3.63, 3.8) is 0 Å². The van der Waals surface area contributed by atoms with Crippen molar-refractivity contribution in [2.24, 2.45) is 0 Å². The molecule has 0 amide bonds. The second kappa shape index (κ2) is 5.15. The van der Waals surface area contributed by atoms with E-state index in [1.54, 1.807) is 6.92 Å². The zero-order chi connectivity index (χ0) is 12.3. The molecule has 0 aromatic heterocycles.